The number of carbonyl (C=O) groups is 1. The minimum Gasteiger partial charge on any atom is -0.370 e. The monoisotopic (exact) mass is 267 g/mol. The number of benzene rings is 1. The molecule has 0 N–H and O–H groups in total. The molecule has 1 aliphatic heterocycles. The number of non-ortho nitro benzene ring substituents is 1. The number of ether oxygens (including phenoxy) is 1. The molecule has 1 amide bonds. The SMILES string of the molecule is O=C1COCCN1c1ccc([N+](=O)[O-])cc1[N+](=O)[O-]. The molecule has 1 fully saturated rings. The first-order chi connectivity index (χ1) is 9.00. The lowest BCUT2D eigenvalue weighted by atomic mass is 10.2. The molecule has 1 aliphatic rings. The van der Waals surface area contributed by atoms with Crippen molar-refractivity contribution in [3.63, 3.8) is 0 Å². The molecular formula is C10H9N3O6. The summed E-state index contributed by atoms with van der Waals surface area (Å²) in [4.78, 5) is 32.9. The first-order valence-corrected chi connectivity index (χ1v) is 5.31. The van der Waals surface area contributed by atoms with Crippen LogP contribution < -0.4 is 4.90 Å². The second-order valence-electron chi connectivity index (χ2n) is 3.79. The zero-order valence-corrected chi connectivity index (χ0v) is 9.64. The van der Waals surface area contributed by atoms with Gasteiger partial charge in [0, 0.05) is 12.6 Å². The largest absolute Gasteiger partial charge is 0.370 e. The first kappa shape index (κ1) is 12.9. The van der Waals surface area contributed by atoms with E-state index in [0.717, 1.165) is 12.1 Å². The quantitative estimate of drug-likeness (QED) is 0.592. The Hall–Kier alpha value is -2.55. The van der Waals surface area contributed by atoms with Gasteiger partial charge in [-0.05, 0) is 6.07 Å². The Morgan fingerprint density at radius 2 is 1.95 bits per heavy atom. The van der Waals surface area contributed by atoms with Crippen LogP contribution in [0.4, 0.5) is 17.1 Å². The topological polar surface area (TPSA) is 116 Å². The van der Waals surface area contributed by atoms with Crippen molar-refractivity contribution in [3.05, 3.63) is 38.4 Å². The molecule has 0 unspecified atom stereocenters. The van der Waals surface area contributed by atoms with Gasteiger partial charge in [0.15, 0.2) is 0 Å². The van der Waals surface area contributed by atoms with E-state index in [1.54, 1.807) is 0 Å². The van der Waals surface area contributed by atoms with Gasteiger partial charge < -0.3 is 9.64 Å². The summed E-state index contributed by atoms with van der Waals surface area (Å²) in [5.41, 5.74) is -0.815. The van der Waals surface area contributed by atoms with Crippen LogP contribution in [-0.2, 0) is 9.53 Å². The van der Waals surface area contributed by atoms with Gasteiger partial charge in [-0.1, -0.05) is 0 Å². The highest BCUT2D eigenvalue weighted by atomic mass is 16.6. The third kappa shape index (κ3) is 2.50. The average molecular weight is 267 g/mol. The number of hydrogen-bond acceptors (Lipinski definition) is 6. The van der Waals surface area contributed by atoms with E-state index in [9.17, 15) is 25.0 Å². The highest BCUT2D eigenvalue weighted by Crippen LogP contribution is 2.32. The number of carbonyl (C=O) groups excluding carboxylic acids is 1. The number of hydrogen-bond donors (Lipinski definition) is 0. The van der Waals surface area contributed by atoms with Crippen molar-refractivity contribution < 1.29 is 19.4 Å². The summed E-state index contributed by atoms with van der Waals surface area (Å²) in [5, 5.41) is 21.6. The van der Waals surface area contributed by atoms with E-state index in [1.165, 1.54) is 11.0 Å². The molecule has 9 heteroatoms. The number of anilines is 1. The number of amides is 1. The third-order valence-corrected chi connectivity index (χ3v) is 2.64. The molecule has 0 spiro atoms. The highest BCUT2D eigenvalue weighted by molar-refractivity contribution is 5.97. The van der Waals surface area contributed by atoms with Crippen LogP contribution in [-0.4, -0.2) is 35.5 Å². The number of morpholine rings is 1. The van der Waals surface area contributed by atoms with Crippen LogP contribution in [0, 0.1) is 20.2 Å². The van der Waals surface area contributed by atoms with E-state index in [0.29, 0.717) is 0 Å². The van der Waals surface area contributed by atoms with E-state index in [4.69, 9.17) is 4.74 Å². The average Bonchev–Trinajstić information content (AvgIpc) is 2.38. The minimum absolute atomic E-state index is 0.0453. The Kier molecular flexibility index (Phi) is 3.38. The Morgan fingerprint density at radius 1 is 1.21 bits per heavy atom. The summed E-state index contributed by atoms with van der Waals surface area (Å²) >= 11 is 0. The van der Waals surface area contributed by atoms with Gasteiger partial charge in [0.1, 0.15) is 12.3 Å². The molecule has 100 valence electrons. The fourth-order valence-electron chi connectivity index (χ4n) is 1.77. The van der Waals surface area contributed by atoms with Gasteiger partial charge in [0.25, 0.3) is 17.3 Å². The van der Waals surface area contributed by atoms with Crippen molar-refractivity contribution in [3.8, 4) is 0 Å². The van der Waals surface area contributed by atoms with Crippen LogP contribution in [0.25, 0.3) is 0 Å². The van der Waals surface area contributed by atoms with Gasteiger partial charge in [-0.3, -0.25) is 25.0 Å². The first-order valence-electron chi connectivity index (χ1n) is 5.31. The van der Waals surface area contributed by atoms with Crippen LogP contribution >= 0.6 is 0 Å². The molecule has 19 heavy (non-hydrogen) atoms. The molecule has 9 nitrogen and oxygen atoms in total. The summed E-state index contributed by atoms with van der Waals surface area (Å²) in [6, 6.07) is 3.18. The highest BCUT2D eigenvalue weighted by Gasteiger charge is 2.28. The van der Waals surface area contributed by atoms with Crippen molar-refractivity contribution in [2.75, 3.05) is 24.7 Å². The second-order valence-corrected chi connectivity index (χ2v) is 3.79. The van der Waals surface area contributed by atoms with Gasteiger partial charge in [0.2, 0.25) is 0 Å². The lowest BCUT2D eigenvalue weighted by Gasteiger charge is -2.26. The van der Waals surface area contributed by atoms with E-state index >= 15 is 0 Å². The number of nitro groups is 2. The predicted molar refractivity (Wildman–Crippen MR) is 62.9 cm³/mol. The van der Waals surface area contributed by atoms with Gasteiger partial charge >= 0.3 is 0 Å². The molecule has 1 saturated heterocycles. The number of nitro benzene ring substituents is 2. The van der Waals surface area contributed by atoms with Crippen LogP contribution in [0.15, 0.2) is 18.2 Å². The zero-order chi connectivity index (χ0) is 14.0. The summed E-state index contributed by atoms with van der Waals surface area (Å²) in [6.07, 6.45) is 0. The fraction of sp³-hybridized carbons (Fsp3) is 0.300. The maximum absolute atomic E-state index is 11.6. The van der Waals surface area contributed by atoms with Crippen LogP contribution in [0.5, 0.6) is 0 Å². The lowest BCUT2D eigenvalue weighted by Crippen LogP contribution is -2.41. The molecule has 1 aromatic carbocycles. The Morgan fingerprint density at radius 3 is 2.53 bits per heavy atom. The Labute approximate surface area is 106 Å². The second kappa shape index (κ2) is 4.98. The molecule has 1 heterocycles. The van der Waals surface area contributed by atoms with Gasteiger partial charge in [-0.25, -0.2) is 0 Å². The fourth-order valence-corrected chi connectivity index (χ4v) is 1.77. The van der Waals surface area contributed by atoms with E-state index < -0.39 is 27.1 Å². The summed E-state index contributed by atoms with van der Waals surface area (Å²) in [6.45, 7) is 0.283. The minimum atomic E-state index is -0.745. The van der Waals surface area contributed by atoms with Gasteiger partial charge in [-0.2, -0.15) is 0 Å². The summed E-state index contributed by atoms with van der Waals surface area (Å²) in [5.74, 6) is -0.414. The molecule has 0 aliphatic carbocycles. The molecule has 0 saturated carbocycles. The zero-order valence-electron chi connectivity index (χ0n) is 9.64. The maximum atomic E-state index is 11.6. The van der Waals surface area contributed by atoms with Gasteiger partial charge in [-0.15, -0.1) is 0 Å². The van der Waals surface area contributed by atoms with E-state index in [-0.39, 0.29) is 25.4 Å². The molecule has 0 atom stereocenters. The Balaban J connectivity index is 2.47. The molecular weight excluding hydrogens is 258 g/mol. The molecule has 2 rings (SSSR count). The lowest BCUT2D eigenvalue weighted by molar-refractivity contribution is -0.393. The van der Waals surface area contributed by atoms with Crippen molar-refractivity contribution in [2.45, 2.75) is 0 Å². The smallest absolute Gasteiger partial charge is 0.299 e. The van der Waals surface area contributed by atoms with Crippen LogP contribution in [0.3, 0.4) is 0 Å². The molecule has 0 radical (unpaired) electrons. The number of nitrogens with zero attached hydrogens (tertiary/aromatic N) is 3. The normalized spacial score (nSPS) is 15.4. The Bertz CT molecular complexity index is 558. The summed E-state index contributed by atoms with van der Waals surface area (Å²) < 4.78 is 4.93. The van der Waals surface area contributed by atoms with Crippen LogP contribution in [0.1, 0.15) is 0 Å². The molecule has 0 aromatic heterocycles. The van der Waals surface area contributed by atoms with Crippen LogP contribution in [0.2, 0.25) is 0 Å². The third-order valence-electron chi connectivity index (χ3n) is 2.64. The maximum Gasteiger partial charge on any atom is 0.299 e. The van der Waals surface area contributed by atoms with Crippen molar-refractivity contribution in [1.82, 2.24) is 0 Å². The molecule has 1 aromatic rings. The standard InChI is InChI=1S/C10H9N3O6/c14-10-6-19-4-3-11(10)8-2-1-7(12(15)16)5-9(8)13(17)18/h1-2,5H,3-4,6H2. The number of rotatable bonds is 3. The van der Waals surface area contributed by atoms with Crippen molar-refractivity contribution in [2.24, 2.45) is 0 Å². The van der Waals surface area contributed by atoms with Gasteiger partial charge in [0.05, 0.1) is 22.5 Å². The van der Waals surface area contributed by atoms with E-state index in [2.05, 4.69) is 0 Å². The molecule has 0 bridgehead atoms. The summed E-state index contributed by atoms with van der Waals surface area (Å²) in [7, 11) is 0. The predicted octanol–water partition coefficient (Wildman–Crippen LogP) is 0.866. The van der Waals surface area contributed by atoms with Crippen molar-refractivity contribution in [1.29, 1.82) is 0 Å². The van der Waals surface area contributed by atoms with Crippen molar-refractivity contribution >= 4 is 23.0 Å². The van der Waals surface area contributed by atoms with E-state index in [1.807, 2.05) is 0 Å².